The van der Waals surface area contributed by atoms with Gasteiger partial charge in [0, 0.05) is 52.3 Å². The zero-order chi connectivity index (χ0) is 18.7. The van der Waals surface area contributed by atoms with Crippen LogP contribution in [0.2, 0.25) is 0 Å². The van der Waals surface area contributed by atoms with Crippen molar-refractivity contribution in [2.24, 2.45) is 14.1 Å². The summed E-state index contributed by atoms with van der Waals surface area (Å²) in [5.41, 5.74) is -1.02. The largest absolute Gasteiger partial charge is 0.359 e. The highest BCUT2D eigenvalue weighted by molar-refractivity contribution is 5.92. The van der Waals surface area contributed by atoms with Gasteiger partial charge < -0.3 is 10.6 Å². The van der Waals surface area contributed by atoms with E-state index in [1.165, 1.54) is 14.1 Å². The van der Waals surface area contributed by atoms with E-state index in [9.17, 15) is 19.2 Å². The lowest BCUT2D eigenvalue weighted by Crippen LogP contribution is -2.44. The zero-order valence-electron chi connectivity index (χ0n) is 15.0. The van der Waals surface area contributed by atoms with Crippen molar-refractivity contribution in [3.8, 4) is 0 Å². The molecule has 0 aliphatic carbocycles. The van der Waals surface area contributed by atoms with E-state index in [2.05, 4.69) is 15.5 Å². The first-order valence-electron chi connectivity index (χ1n) is 8.24. The topological polar surface area (TPSA) is 105 Å². The fourth-order valence-electron chi connectivity index (χ4n) is 3.15. The number of carbonyl (C=O) groups excluding carboxylic acids is 2. The smallest absolute Gasteiger partial charge is 0.331 e. The van der Waals surface area contributed by atoms with Crippen molar-refractivity contribution < 1.29 is 9.59 Å². The Balaban J connectivity index is 2.01. The summed E-state index contributed by atoms with van der Waals surface area (Å²) in [6.07, 6.45) is 2.18. The molecule has 0 spiro atoms. The lowest BCUT2D eigenvalue weighted by Gasteiger charge is -2.25. The number of nitrogens with zero attached hydrogens (tertiary/aromatic N) is 3. The van der Waals surface area contributed by atoms with E-state index >= 15 is 0 Å². The number of likely N-dealkylation sites (tertiary alicyclic amines) is 1. The molecule has 0 aromatic carbocycles. The maximum absolute atomic E-state index is 12.3. The molecule has 1 fully saturated rings. The van der Waals surface area contributed by atoms with Gasteiger partial charge in [0.15, 0.2) is 0 Å². The van der Waals surface area contributed by atoms with Crippen molar-refractivity contribution in [2.75, 3.05) is 20.6 Å². The Morgan fingerprint density at radius 3 is 2.40 bits per heavy atom. The predicted molar refractivity (Wildman–Crippen MR) is 92.5 cm³/mol. The Kier molecular flexibility index (Phi) is 5.78. The van der Waals surface area contributed by atoms with Gasteiger partial charge in [-0.25, -0.2) is 4.79 Å². The third-order valence-electron chi connectivity index (χ3n) is 4.94. The summed E-state index contributed by atoms with van der Waals surface area (Å²) in [5.74, 6) is -0.461. The normalized spacial score (nSPS) is 20.5. The number of hydrogen-bond donors (Lipinski definition) is 2. The molecule has 2 atom stereocenters. The van der Waals surface area contributed by atoms with Gasteiger partial charge in [-0.3, -0.25) is 28.4 Å². The summed E-state index contributed by atoms with van der Waals surface area (Å²) < 4.78 is 2.11. The Bertz CT molecular complexity index is 782. The maximum atomic E-state index is 12.3. The first-order valence-corrected chi connectivity index (χ1v) is 8.24. The highest BCUT2D eigenvalue weighted by Gasteiger charge is 2.31. The number of rotatable bonds is 5. The van der Waals surface area contributed by atoms with Gasteiger partial charge in [0.05, 0.1) is 0 Å². The van der Waals surface area contributed by atoms with Crippen LogP contribution in [0, 0.1) is 0 Å². The van der Waals surface area contributed by atoms with E-state index in [4.69, 9.17) is 0 Å². The van der Waals surface area contributed by atoms with Gasteiger partial charge in [-0.2, -0.15) is 0 Å². The molecule has 0 saturated carbocycles. The Morgan fingerprint density at radius 2 is 1.76 bits per heavy atom. The molecule has 1 aliphatic rings. The maximum Gasteiger partial charge on any atom is 0.331 e. The van der Waals surface area contributed by atoms with Gasteiger partial charge in [-0.05, 0) is 19.9 Å². The van der Waals surface area contributed by atoms with Crippen LogP contribution < -0.4 is 21.9 Å². The molecule has 0 radical (unpaired) electrons. The minimum atomic E-state index is -0.540. The highest BCUT2D eigenvalue weighted by Crippen LogP contribution is 2.24. The average molecular weight is 351 g/mol. The summed E-state index contributed by atoms with van der Waals surface area (Å²) in [5, 5.41) is 5.41. The van der Waals surface area contributed by atoms with Crippen molar-refractivity contribution in [1.82, 2.24) is 24.7 Å². The molecule has 0 bridgehead atoms. The van der Waals surface area contributed by atoms with Crippen LogP contribution in [-0.4, -0.2) is 58.6 Å². The summed E-state index contributed by atoms with van der Waals surface area (Å²) in [6, 6.07) is 1.42. The van der Waals surface area contributed by atoms with E-state index < -0.39 is 17.2 Å². The molecule has 2 rings (SSSR count). The first-order chi connectivity index (χ1) is 11.8. The summed E-state index contributed by atoms with van der Waals surface area (Å²) in [4.78, 5) is 49.6. The fourth-order valence-corrected chi connectivity index (χ4v) is 3.15. The predicted octanol–water partition coefficient (Wildman–Crippen LogP) is -1.59. The number of carbonyl (C=O) groups is 2. The van der Waals surface area contributed by atoms with Gasteiger partial charge in [0.1, 0.15) is 5.69 Å². The number of aromatic nitrogens is 2. The minimum Gasteiger partial charge on any atom is -0.359 e. The third-order valence-corrected chi connectivity index (χ3v) is 4.94. The molecule has 2 amide bonds. The fraction of sp³-hybridized carbons (Fsp3) is 0.625. The lowest BCUT2D eigenvalue weighted by molar-refractivity contribution is -0.121. The minimum absolute atomic E-state index is 0.00309. The summed E-state index contributed by atoms with van der Waals surface area (Å²) >= 11 is 0. The van der Waals surface area contributed by atoms with Crippen LogP contribution in [-0.2, 0) is 18.9 Å². The monoisotopic (exact) mass is 351 g/mol. The molecule has 0 unspecified atom stereocenters. The molecule has 1 aromatic rings. The molecule has 9 nitrogen and oxygen atoms in total. The van der Waals surface area contributed by atoms with E-state index in [1.807, 2.05) is 7.05 Å². The third kappa shape index (κ3) is 3.98. The molecular formula is C16H25N5O4. The van der Waals surface area contributed by atoms with Crippen LogP contribution in [0.1, 0.15) is 29.8 Å². The van der Waals surface area contributed by atoms with Gasteiger partial charge >= 0.3 is 5.69 Å². The van der Waals surface area contributed by atoms with Crippen molar-refractivity contribution in [1.29, 1.82) is 0 Å². The van der Waals surface area contributed by atoms with Gasteiger partial charge in [0.25, 0.3) is 11.5 Å². The van der Waals surface area contributed by atoms with Gasteiger partial charge in [0.2, 0.25) is 5.91 Å². The number of amides is 2. The highest BCUT2D eigenvalue weighted by atomic mass is 16.2. The van der Waals surface area contributed by atoms with Gasteiger partial charge in [-0.1, -0.05) is 0 Å². The lowest BCUT2D eigenvalue weighted by atomic mass is 10.1. The molecular weight excluding hydrogens is 326 g/mol. The van der Waals surface area contributed by atoms with Crippen LogP contribution in [0.15, 0.2) is 15.7 Å². The van der Waals surface area contributed by atoms with Gasteiger partial charge in [-0.15, -0.1) is 0 Å². The Labute approximate surface area is 145 Å². The Morgan fingerprint density at radius 1 is 1.12 bits per heavy atom. The second-order valence-corrected chi connectivity index (χ2v) is 6.41. The molecule has 2 heterocycles. The average Bonchev–Trinajstić information content (AvgIpc) is 2.93. The molecule has 9 heteroatoms. The number of hydrogen-bond acceptors (Lipinski definition) is 5. The molecule has 2 N–H and O–H groups in total. The first kappa shape index (κ1) is 18.9. The summed E-state index contributed by atoms with van der Waals surface area (Å²) in [7, 11) is 6.37. The number of likely N-dealkylation sites (N-methyl/N-ethyl adjacent to an activating group) is 1. The Hall–Kier alpha value is -2.42. The van der Waals surface area contributed by atoms with E-state index in [-0.39, 0.29) is 23.7 Å². The van der Waals surface area contributed by atoms with E-state index in [0.29, 0.717) is 13.0 Å². The quantitative estimate of drug-likeness (QED) is 0.666. The molecule has 25 heavy (non-hydrogen) atoms. The van der Waals surface area contributed by atoms with E-state index in [0.717, 1.165) is 28.0 Å². The second-order valence-electron chi connectivity index (χ2n) is 6.41. The van der Waals surface area contributed by atoms with Crippen molar-refractivity contribution in [2.45, 2.75) is 31.3 Å². The van der Waals surface area contributed by atoms with Crippen molar-refractivity contribution in [3.05, 3.63) is 32.6 Å². The standard InChI is InChI=1S/C16H25N5O4/c1-17-13(22)7-10-5-6-11(19(10)2)9-18-15(24)12-8-14(23)21(4)16(25)20(12)3/h8,10-11H,5-7,9H2,1-4H3,(H,17,22)(H,18,24)/t10-,11+/m1/s1. The van der Waals surface area contributed by atoms with Crippen LogP contribution in [0.3, 0.4) is 0 Å². The van der Waals surface area contributed by atoms with E-state index in [1.54, 1.807) is 7.05 Å². The second kappa shape index (κ2) is 7.64. The van der Waals surface area contributed by atoms with Crippen LogP contribution >= 0.6 is 0 Å². The SMILES string of the molecule is CNC(=O)C[C@H]1CC[C@@H](CNC(=O)c2cc(=O)n(C)c(=O)n2C)N1C. The zero-order valence-corrected chi connectivity index (χ0v) is 15.0. The molecule has 1 saturated heterocycles. The molecule has 1 aromatic heterocycles. The van der Waals surface area contributed by atoms with Crippen molar-refractivity contribution >= 4 is 11.8 Å². The summed E-state index contributed by atoms with van der Waals surface area (Å²) in [6.45, 7) is 0.392. The van der Waals surface area contributed by atoms with Crippen LogP contribution in [0.5, 0.6) is 0 Å². The molecule has 1 aliphatic heterocycles. The number of nitrogens with one attached hydrogen (secondary N) is 2. The van der Waals surface area contributed by atoms with Crippen molar-refractivity contribution in [3.63, 3.8) is 0 Å². The molecule has 138 valence electrons. The van der Waals surface area contributed by atoms with Crippen LogP contribution in [0.4, 0.5) is 0 Å². The van der Waals surface area contributed by atoms with Crippen LogP contribution in [0.25, 0.3) is 0 Å².